The van der Waals surface area contributed by atoms with E-state index in [1.54, 1.807) is 0 Å². The lowest BCUT2D eigenvalue weighted by Crippen LogP contribution is -2.16. The predicted octanol–water partition coefficient (Wildman–Crippen LogP) is -0.00250. The summed E-state index contributed by atoms with van der Waals surface area (Å²) >= 11 is 0. The molecule has 0 aromatic rings. The van der Waals surface area contributed by atoms with E-state index in [4.69, 9.17) is 4.11 Å². The number of ether oxygens (including phenoxy) is 1. The highest BCUT2D eigenvalue weighted by Crippen LogP contribution is 1.92. The maximum Gasteiger partial charge on any atom is 0.264 e. The van der Waals surface area contributed by atoms with Gasteiger partial charge in [-0.25, -0.2) is 0 Å². The molecule has 0 aliphatic rings. The van der Waals surface area contributed by atoms with Crippen molar-refractivity contribution in [1.82, 2.24) is 0 Å². The Hall–Kier alpha value is -0.130. The van der Waals surface area contributed by atoms with E-state index in [1.807, 2.05) is 0 Å². The van der Waals surface area contributed by atoms with Gasteiger partial charge >= 0.3 is 0 Å². The summed E-state index contributed by atoms with van der Waals surface area (Å²) in [5.74, 6) is 0. The molecule has 0 amide bonds. The highest BCUT2D eigenvalue weighted by molar-refractivity contribution is 7.85. The zero-order valence-electron chi connectivity index (χ0n) is 8.83. The maximum atomic E-state index is 10.5. The van der Waals surface area contributed by atoms with Crippen molar-refractivity contribution < 1.29 is 21.5 Å². The molecule has 0 aliphatic carbocycles. The van der Waals surface area contributed by atoms with Crippen LogP contribution in [0.4, 0.5) is 0 Å². The van der Waals surface area contributed by atoms with Gasteiger partial charge in [0.25, 0.3) is 10.1 Å². The fraction of sp³-hybridized carbons (Fsp3) is 1.00. The minimum absolute atomic E-state index is 0.294. The lowest BCUT2D eigenvalue weighted by Gasteiger charge is -2.07. The third-order valence-corrected chi connectivity index (χ3v) is 1.28. The molecule has 0 heterocycles. The molecule has 0 radical (unpaired) electrons. The van der Waals surface area contributed by atoms with E-state index in [1.165, 1.54) is 6.92 Å². The summed E-state index contributed by atoms with van der Waals surface area (Å²) in [6, 6.07) is 0. The third kappa shape index (κ3) is 6.00. The average Bonchev–Trinajstić information content (AvgIpc) is 1.78. The van der Waals surface area contributed by atoms with Gasteiger partial charge in [0.15, 0.2) is 0 Å². The smallest absolute Gasteiger partial charge is 0.264 e. The first-order valence-electron chi connectivity index (χ1n) is 4.12. The first-order valence-corrected chi connectivity index (χ1v) is 4.44. The van der Waals surface area contributed by atoms with Crippen LogP contribution >= 0.6 is 0 Å². The number of hydrogen-bond acceptors (Lipinski definition) is 4. The summed E-state index contributed by atoms with van der Waals surface area (Å²) < 4.78 is 49.9. The molecule has 0 unspecified atom stereocenters. The molecule has 0 rings (SSSR count). The van der Waals surface area contributed by atoms with Crippen molar-refractivity contribution >= 4 is 10.1 Å². The Kier molecular flexibility index (Phi) is 2.15. The van der Waals surface area contributed by atoms with E-state index in [0.29, 0.717) is 0 Å². The summed E-state index contributed by atoms with van der Waals surface area (Å²) in [5.41, 5.74) is 0. The monoisotopic (exact) mass is 171 g/mol. The van der Waals surface area contributed by atoms with Gasteiger partial charge in [0.1, 0.15) is 0 Å². The van der Waals surface area contributed by atoms with Crippen molar-refractivity contribution in [3.8, 4) is 0 Å². The van der Waals surface area contributed by atoms with Gasteiger partial charge in [0, 0.05) is 7.04 Å². The summed E-state index contributed by atoms with van der Waals surface area (Å²) in [4.78, 5) is 0. The number of methoxy groups -OCH3 is 1. The van der Waals surface area contributed by atoms with Gasteiger partial charge < -0.3 is 4.74 Å². The van der Waals surface area contributed by atoms with E-state index in [9.17, 15) is 8.42 Å². The van der Waals surface area contributed by atoms with Gasteiger partial charge in [-0.05, 0) is 6.92 Å². The quantitative estimate of drug-likeness (QED) is 0.559. The molecule has 0 aliphatic heterocycles. The largest absolute Gasteiger partial charge is 0.379 e. The molecule has 0 N–H and O–H groups in total. The van der Waals surface area contributed by atoms with Crippen molar-refractivity contribution in [1.29, 1.82) is 0 Å². The Morgan fingerprint density at radius 1 is 1.70 bits per heavy atom. The van der Waals surface area contributed by atoms with Crippen molar-refractivity contribution in [2.45, 2.75) is 13.0 Å². The molecule has 0 aromatic heterocycles. The number of rotatable bonds is 4. The van der Waals surface area contributed by atoms with Crippen LogP contribution in [0.25, 0.3) is 0 Å². The molecule has 0 fully saturated rings. The van der Waals surface area contributed by atoms with E-state index >= 15 is 0 Å². The van der Waals surface area contributed by atoms with Crippen molar-refractivity contribution in [3.05, 3.63) is 0 Å². The minimum Gasteiger partial charge on any atom is -0.379 e. The van der Waals surface area contributed by atoms with Crippen molar-refractivity contribution in [2.24, 2.45) is 0 Å². The Labute approximate surface area is 65.5 Å². The van der Waals surface area contributed by atoms with E-state index in [-0.39, 0.29) is 6.61 Å². The zero-order chi connectivity index (χ0) is 10.7. The topological polar surface area (TPSA) is 52.6 Å². The summed E-state index contributed by atoms with van der Waals surface area (Å²) in [7, 11) is -6.07. The van der Waals surface area contributed by atoms with Gasteiger partial charge in [-0.1, -0.05) is 0 Å². The van der Waals surface area contributed by atoms with Gasteiger partial charge in [-0.2, -0.15) is 8.42 Å². The summed E-state index contributed by atoms with van der Waals surface area (Å²) in [5, 5.41) is 0. The second kappa shape index (κ2) is 3.90. The Balaban J connectivity index is 3.84. The Bertz CT molecular complexity index is 245. The van der Waals surface area contributed by atoms with Crippen LogP contribution in [-0.2, 0) is 19.0 Å². The third-order valence-electron chi connectivity index (χ3n) is 0.718. The Morgan fingerprint density at radius 2 is 2.30 bits per heavy atom. The van der Waals surface area contributed by atoms with Crippen molar-refractivity contribution in [3.63, 3.8) is 0 Å². The minimum atomic E-state index is -3.54. The van der Waals surface area contributed by atoms with Gasteiger partial charge in [-0.15, -0.1) is 0 Å². The molecule has 0 aromatic carbocycles. The lowest BCUT2D eigenvalue weighted by molar-refractivity contribution is 0.0743. The van der Waals surface area contributed by atoms with Gasteiger partial charge in [-0.3, -0.25) is 4.18 Å². The van der Waals surface area contributed by atoms with Crippen LogP contribution in [0.15, 0.2) is 0 Å². The van der Waals surface area contributed by atoms with Crippen LogP contribution in [0, 0.1) is 0 Å². The molecule has 0 saturated carbocycles. The Morgan fingerprint density at radius 3 is 2.70 bits per heavy atom. The SMILES string of the molecule is [2H]C([2H])([2H])O[C@H](C)COS(C)(=O)=O. The highest BCUT2D eigenvalue weighted by Gasteiger charge is 2.05. The standard InChI is InChI=1S/C5H12O4S/c1-5(8-2)4-9-10(3,6)7/h5H,4H2,1-3H3/t5-/m1/s1/i2D3. The highest BCUT2D eigenvalue weighted by atomic mass is 32.2. The zero-order valence-corrected chi connectivity index (χ0v) is 6.64. The van der Waals surface area contributed by atoms with E-state index in [0.717, 1.165) is 6.26 Å². The fourth-order valence-corrected chi connectivity index (χ4v) is 0.692. The molecule has 5 heteroatoms. The average molecular weight is 171 g/mol. The van der Waals surface area contributed by atoms with Crippen LogP contribution in [0.1, 0.15) is 11.0 Å². The summed E-state index contributed by atoms with van der Waals surface area (Å²) in [6.45, 7) is 1.12. The maximum absolute atomic E-state index is 10.5. The van der Waals surface area contributed by atoms with Crippen molar-refractivity contribution in [2.75, 3.05) is 19.9 Å². The van der Waals surface area contributed by atoms with Crippen LogP contribution in [-0.4, -0.2) is 34.4 Å². The first kappa shape index (κ1) is 5.51. The van der Waals surface area contributed by atoms with E-state index in [2.05, 4.69) is 8.92 Å². The second-order valence-electron chi connectivity index (χ2n) is 1.92. The fourth-order valence-electron chi connectivity index (χ4n) is 0.253. The van der Waals surface area contributed by atoms with Crippen LogP contribution < -0.4 is 0 Å². The molecule has 0 bridgehead atoms. The lowest BCUT2D eigenvalue weighted by atomic mass is 10.4. The van der Waals surface area contributed by atoms with Crippen LogP contribution in [0.3, 0.4) is 0 Å². The predicted molar refractivity (Wildman–Crippen MR) is 37.3 cm³/mol. The molecule has 0 spiro atoms. The van der Waals surface area contributed by atoms with Gasteiger partial charge in [0.05, 0.1) is 23.1 Å². The molecular weight excluding hydrogens is 156 g/mol. The van der Waals surface area contributed by atoms with Crippen LogP contribution in [0.2, 0.25) is 0 Å². The van der Waals surface area contributed by atoms with E-state index < -0.39 is 23.3 Å². The second-order valence-corrected chi connectivity index (χ2v) is 3.56. The normalized spacial score (nSPS) is 20.8. The van der Waals surface area contributed by atoms with Crippen LogP contribution in [0.5, 0.6) is 0 Å². The molecule has 4 nitrogen and oxygen atoms in total. The first-order chi connectivity index (χ1) is 5.60. The number of hydrogen-bond donors (Lipinski definition) is 0. The molecule has 62 valence electrons. The molecular formula is C5H12O4S. The van der Waals surface area contributed by atoms with Gasteiger partial charge in [0.2, 0.25) is 0 Å². The molecule has 0 saturated heterocycles. The molecule has 1 atom stereocenters. The summed E-state index contributed by atoms with van der Waals surface area (Å²) in [6.07, 6.45) is 0.0944. The molecule has 10 heavy (non-hydrogen) atoms.